The molecule has 5 rings (SSSR count). The van der Waals surface area contributed by atoms with Crippen molar-refractivity contribution in [1.82, 2.24) is 4.90 Å². The second-order valence-corrected chi connectivity index (χ2v) is 9.80. The van der Waals surface area contributed by atoms with Crippen molar-refractivity contribution in [2.75, 3.05) is 0 Å². The number of benzene rings is 4. The van der Waals surface area contributed by atoms with Crippen molar-refractivity contribution in [2.24, 2.45) is 0 Å². The van der Waals surface area contributed by atoms with Crippen LogP contribution in [0, 0.1) is 0 Å². The van der Waals surface area contributed by atoms with Gasteiger partial charge in [-0.25, -0.2) is 0 Å². The molecule has 0 radical (unpaired) electrons. The molecule has 0 spiro atoms. The molecule has 1 aliphatic heterocycles. The second kappa shape index (κ2) is 9.87. The molecule has 1 heterocycles. The molecule has 4 nitrogen and oxygen atoms in total. The predicted octanol–water partition coefficient (Wildman–Crippen LogP) is 7.42. The van der Waals surface area contributed by atoms with Crippen molar-refractivity contribution in [3.8, 4) is 5.75 Å². The zero-order chi connectivity index (χ0) is 23.5. The lowest BCUT2D eigenvalue weighted by Gasteiger charge is -2.14. The summed E-state index contributed by atoms with van der Waals surface area (Å²) in [5.74, 6) is 0.427. The first-order valence-electron chi connectivity index (χ1n) is 10.8. The van der Waals surface area contributed by atoms with E-state index in [2.05, 4.69) is 15.9 Å². The summed E-state index contributed by atoms with van der Waals surface area (Å²) in [5, 5.41) is 1.87. The number of carbonyl (C=O) groups is 2. The van der Waals surface area contributed by atoms with Crippen LogP contribution in [0.4, 0.5) is 4.79 Å². The average Bonchev–Trinajstić information content (AvgIpc) is 3.11. The normalized spacial score (nSPS) is 14.9. The number of imide groups is 1. The van der Waals surface area contributed by atoms with Gasteiger partial charge in [0.25, 0.3) is 11.1 Å². The van der Waals surface area contributed by atoms with Crippen LogP contribution < -0.4 is 4.74 Å². The van der Waals surface area contributed by atoms with Crippen molar-refractivity contribution in [1.29, 1.82) is 0 Å². The van der Waals surface area contributed by atoms with Crippen molar-refractivity contribution < 1.29 is 14.3 Å². The molecule has 0 atom stereocenters. The van der Waals surface area contributed by atoms with Gasteiger partial charge in [0.2, 0.25) is 0 Å². The number of thioether (sulfide) groups is 1. The largest absolute Gasteiger partial charge is 0.489 e. The number of hydrogen-bond acceptors (Lipinski definition) is 4. The Morgan fingerprint density at radius 3 is 2.50 bits per heavy atom. The second-order valence-electron chi connectivity index (χ2n) is 7.89. The summed E-state index contributed by atoms with van der Waals surface area (Å²) in [4.78, 5) is 27.5. The fourth-order valence-electron chi connectivity index (χ4n) is 3.83. The molecule has 0 N–H and O–H groups in total. The third-order valence-corrected chi connectivity index (χ3v) is 6.99. The molecule has 2 amide bonds. The number of ether oxygens (including phenoxy) is 1. The number of nitrogens with zero attached hydrogens (tertiary/aromatic N) is 1. The summed E-state index contributed by atoms with van der Waals surface area (Å²) in [6, 6.07) is 29.4. The summed E-state index contributed by atoms with van der Waals surface area (Å²) in [5.41, 5.74) is 2.82. The van der Waals surface area contributed by atoms with Gasteiger partial charge in [0.15, 0.2) is 0 Å². The average molecular weight is 530 g/mol. The van der Waals surface area contributed by atoms with Gasteiger partial charge in [0.1, 0.15) is 12.4 Å². The first-order chi connectivity index (χ1) is 16.6. The molecule has 4 aromatic rings. The Morgan fingerprint density at radius 2 is 1.65 bits per heavy atom. The molecule has 0 aliphatic carbocycles. The van der Waals surface area contributed by atoms with E-state index in [4.69, 9.17) is 4.74 Å². The number of halogens is 1. The Balaban J connectivity index is 1.31. The molecule has 168 valence electrons. The topological polar surface area (TPSA) is 46.6 Å². The van der Waals surface area contributed by atoms with Crippen LogP contribution in [0.2, 0.25) is 0 Å². The number of amides is 2. The number of carbonyl (C=O) groups excluding carboxylic acids is 2. The highest BCUT2D eigenvalue weighted by Crippen LogP contribution is 2.34. The van der Waals surface area contributed by atoms with Crippen molar-refractivity contribution in [3.05, 3.63) is 117 Å². The van der Waals surface area contributed by atoms with Crippen LogP contribution in [0.15, 0.2) is 100 Å². The number of rotatable bonds is 6. The molecule has 1 saturated heterocycles. The molecule has 0 saturated carbocycles. The standard InChI is InChI=1S/C28H20BrNO3S/c29-23-13-11-19(12-14-23)18-33-24-9-3-5-20(15-24)16-26-27(31)30(28(32)34-26)17-22-8-4-7-21-6-1-2-10-25(21)22/h1-16H,17-18H2/b26-16-. The molecule has 4 aromatic carbocycles. The monoisotopic (exact) mass is 529 g/mol. The Kier molecular flexibility index (Phi) is 6.52. The molecule has 34 heavy (non-hydrogen) atoms. The van der Waals surface area contributed by atoms with Gasteiger partial charge in [-0.05, 0) is 69.6 Å². The predicted molar refractivity (Wildman–Crippen MR) is 140 cm³/mol. The van der Waals surface area contributed by atoms with Crippen molar-refractivity contribution in [3.63, 3.8) is 0 Å². The van der Waals surface area contributed by atoms with E-state index in [1.165, 1.54) is 4.90 Å². The first kappa shape index (κ1) is 22.4. The summed E-state index contributed by atoms with van der Waals surface area (Å²) in [7, 11) is 0. The van der Waals surface area contributed by atoms with Crippen LogP contribution in [0.3, 0.4) is 0 Å². The Morgan fingerprint density at radius 1 is 0.882 bits per heavy atom. The summed E-state index contributed by atoms with van der Waals surface area (Å²) in [6.45, 7) is 0.692. The fourth-order valence-corrected chi connectivity index (χ4v) is 4.93. The Bertz CT molecular complexity index is 1410. The van der Waals surface area contributed by atoms with Crippen LogP contribution in [0.5, 0.6) is 5.75 Å². The lowest BCUT2D eigenvalue weighted by molar-refractivity contribution is -0.123. The van der Waals surface area contributed by atoms with Gasteiger partial charge < -0.3 is 4.74 Å². The lowest BCUT2D eigenvalue weighted by atomic mass is 10.0. The molecule has 6 heteroatoms. The maximum absolute atomic E-state index is 13.1. The minimum atomic E-state index is -0.274. The van der Waals surface area contributed by atoms with E-state index in [1.54, 1.807) is 6.08 Å². The van der Waals surface area contributed by atoms with Gasteiger partial charge in [-0.1, -0.05) is 82.7 Å². The van der Waals surface area contributed by atoms with E-state index in [9.17, 15) is 9.59 Å². The quantitative estimate of drug-likeness (QED) is 0.244. The molecular weight excluding hydrogens is 510 g/mol. The molecule has 1 aliphatic rings. The summed E-state index contributed by atoms with van der Waals surface area (Å²) < 4.78 is 6.93. The van der Waals surface area contributed by atoms with E-state index in [0.29, 0.717) is 17.3 Å². The van der Waals surface area contributed by atoms with Crippen molar-refractivity contribution in [2.45, 2.75) is 13.2 Å². The third-order valence-electron chi connectivity index (χ3n) is 5.56. The molecule has 0 bridgehead atoms. The van der Waals surface area contributed by atoms with E-state index < -0.39 is 0 Å². The zero-order valence-corrected chi connectivity index (χ0v) is 20.5. The Hall–Kier alpha value is -3.35. The molecule has 0 unspecified atom stereocenters. The van der Waals surface area contributed by atoms with Crippen LogP contribution >= 0.6 is 27.7 Å². The Labute approximate surface area is 210 Å². The van der Waals surface area contributed by atoms with Gasteiger partial charge in [-0.2, -0.15) is 0 Å². The van der Waals surface area contributed by atoms with Gasteiger partial charge in [-0.3, -0.25) is 14.5 Å². The molecule has 1 fully saturated rings. The van der Waals surface area contributed by atoms with Gasteiger partial charge in [0.05, 0.1) is 11.4 Å². The van der Waals surface area contributed by atoms with Crippen LogP contribution in [-0.2, 0) is 17.9 Å². The molecular formula is C28H20BrNO3S. The maximum Gasteiger partial charge on any atom is 0.293 e. The fraction of sp³-hybridized carbons (Fsp3) is 0.0714. The highest BCUT2D eigenvalue weighted by atomic mass is 79.9. The van der Waals surface area contributed by atoms with Crippen LogP contribution in [0.1, 0.15) is 16.7 Å². The maximum atomic E-state index is 13.1. The van der Waals surface area contributed by atoms with E-state index in [1.807, 2.05) is 91.0 Å². The van der Waals surface area contributed by atoms with Gasteiger partial charge in [-0.15, -0.1) is 0 Å². The third kappa shape index (κ3) is 4.93. The highest BCUT2D eigenvalue weighted by molar-refractivity contribution is 9.10. The van der Waals surface area contributed by atoms with Gasteiger partial charge in [0, 0.05) is 4.47 Å². The van der Waals surface area contributed by atoms with E-state index in [-0.39, 0.29) is 17.7 Å². The smallest absolute Gasteiger partial charge is 0.293 e. The summed E-state index contributed by atoms with van der Waals surface area (Å²) >= 11 is 4.40. The van der Waals surface area contributed by atoms with Crippen molar-refractivity contribution >= 4 is 55.7 Å². The minimum absolute atomic E-state index is 0.250. The SMILES string of the molecule is O=C1S/C(=C\c2cccc(OCc3ccc(Br)cc3)c2)C(=O)N1Cc1cccc2ccccc12. The first-order valence-corrected chi connectivity index (χ1v) is 12.4. The zero-order valence-electron chi connectivity index (χ0n) is 18.1. The molecule has 0 aromatic heterocycles. The number of fused-ring (bicyclic) bond motifs is 1. The van der Waals surface area contributed by atoms with Crippen LogP contribution in [-0.4, -0.2) is 16.0 Å². The van der Waals surface area contributed by atoms with E-state index >= 15 is 0 Å². The van der Waals surface area contributed by atoms with Gasteiger partial charge >= 0.3 is 0 Å². The summed E-state index contributed by atoms with van der Waals surface area (Å²) in [6.07, 6.45) is 1.75. The van der Waals surface area contributed by atoms with E-state index in [0.717, 1.165) is 43.7 Å². The number of hydrogen-bond donors (Lipinski definition) is 0. The minimum Gasteiger partial charge on any atom is -0.489 e. The lowest BCUT2D eigenvalue weighted by Crippen LogP contribution is -2.27. The van der Waals surface area contributed by atoms with Crippen LogP contribution in [0.25, 0.3) is 16.8 Å². The highest BCUT2D eigenvalue weighted by Gasteiger charge is 2.35.